The molecule has 1 N–H and O–H groups in total. The molecule has 0 amide bonds. The number of hydrazone groups is 1. The zero-order chi connectivity index (χ0) is 13.7. The zero-order valence-electron chi connectivity index (χ0n) is 10.4. The molecule has 2 aromatic rings. The fourth-order valence-electron chi connectivity index (χ4n) is 1.44. The van der Waals surface area contributed by atoms with Gasteiger partial charge in [-0.3, -0.25) is 5.43 Å². The molecule has 2 rings (SSSR count). The lowest BCUT2D eigenvalue weighted by atomic mass is 10.2. The second-order valence-electron chi connectivity index (χ2n) is 3.41. The van der Waals surface area contributed by atoms with Gasteiger partial charge >= 0.3 is 0 Å². The first kappa shape index (κ1) is 13.6. The number of halogens is 1. The van der Waals surface area contributed by atoms with Crippen molar-refractivity contribution in [2.75, 3.05) is 19.6 Å². The average Bonchev–Trinajstić information content (AvgIpc) is 2.93. The molecule has 7 heteroatoms. The van der Waals surface area contributed by atoms with Crippen molar-refractivity contribution in [3.05, 3.63) is 34.3 Å². The molecule has 0 aliphatic rings. The van der Waals surface area contributed by atoms with Gasteiger partial charge in [-0.25, -0.2) is 4.98 Å². The zero-order valence-corrected chi connectivity index (χ0v) is 12.0. The van der Waals surface area contributed by atoms with E-state index in [0.29, 0.717) is 21.7 Å². The van der Waals surface area contributed by atoms with Gasteiger partial charge in [0, 0.05) is 17.1 Å². The van der Waals surface area contributed by atoms with E-state index < -0.39 is 0 Å². The largest absolute Gasteiger partial charge is 0.493 e. The topological polar surface area (TPSA) is 55.7 Å². The Balaban J connectivity index is 2.18. The van der Waals surface area contributed by atoms with Gasteiger partial charge in [0.15, 0.2) is 11.5 Å². The lowest BCUT2D eigenvalue weighted by Crippen LogP contribution is -1.95. The number of ether oxygens (including phenoxy) is 2. The molecule has 0 saturated carbocycles. The number of methoxy groups -OCH3 is 2. The number of nitrogens with one attached hydrogen (secondary N) is 1. The van der Waals surface area contributed by atoms with Crippen molar-refractivity contribution in [2.24, 2.45) is 5.10 Å². The summed E-state index contributed by atoms with van der Waals surface area (Å²) in [6.45, 7) is 0. The lowest BCUT2D eigenvalue weighted by Gasteiger charge is -2.10. The number of aromatic nitrogens is 1. The van der Waals surface area contributed by atoms with Crippen LogP contribution in [0.3, 0.4) is 0 Å². The smallest absolute Gasteiger partial charge is 0.203 e. The van der Waals surface area contributed by atoms with E-state index >= 15 is 0 Å². The number of benzene rings is 1. The van der Waals surface area contributed by atoms with Crippen LogP contribution in [0.5, 0.6) is 11.5 Å². The second kappa shape index (κ2) is 6.40. The number of rotatable bonds is 5. The Bertz CT molecular complexity index is 573. The summed E-state index contributed by atoms with van der Waals surface area (Å²) in [4.78, 5) is 4.05. The first-order chi connectivity index (χ1) is 9.26. The van der Waals surface area contributed by atoms with Crippen LogP contribution in [0, 0.1) is 0 Å². The Hall–Kier alpha value is -1.79. The third kappa shape index (κ3) is 3.15. The summed E-state index contributed by atoms with van der Waals surface area (Å²) in [5.41, 5.74) is 3.54. The molecule has 1 heterocycles. The third-order valence-corrected chi connectivity index (χ3v) is 3.38. The molecule has 1 aromatic carbocycles. The number of anilines is 1. The Morgan fingerprint density at radius 2 is 2.21 bits per heavy atom. The lowest BCUT2D eigenvalue weighted by molar-refractivity contribution is 0.355. The van der Waals surface area contributed by atoms with E-state index in [1.54, 1.807) is 38.8 Å². The maximum absolute atomic E-state index is 6.22. The number of hydrogen-bond acceptors (Lipinski definition) is 6. The molecule has 0 bridgehead atoms. The Kier molecular flexibility index (Phi) is 4.59. The van der Waals surface area contributed by atoms with Crippen LogP contribution in [0.15, 0.2) is 28.8 Å². The van der Waals surface area contributed by atoms with Crippen molar-refractivity contribution in [1.82, 2.24) is 4.98 Å². The van der Waals surface area contributed by atoms with Gasteiger partial charge in [0.05, 0.1) is 25.5 Å². The fraction of sp³-hybridized carbons (Fsp3) is 0.167. The van der Waals surface area contributed by atoms with Crippen molar-refractivity contribution in [3.63, 3.8) is 0 Å². The number of hydrogen-bond donors (Lipinski definition) is 1. The van der Waals surface area contributed by atoms with Crippen LogP contribution in [0.2, 0.25) is 5.02 Å². The molecule has 1 aromatic heterocycles. The number of nitrogens with zero attached hydrogens (tertiary/aromatic N) is 2. The Morgan fingerprint density at radius 3 is 2.84 bits per heavy atom. The van der Waals surface area contributed by atoms with Crippen molar-refractivity contribution in [2.45, 2.75) is 0 Å². The third-order valence-electron chi connectivity index (χ3n) is 2.31. The van der Waals surface area contributed by atoms with Crippen molar-refractivity contribution >= 4 is 34.3 Å². The standard InChI is InChI=1S/C12H12ClN3O2S/c1-17-9-4-3-8(10(13)11(9)18-2)7-15-16-12-14-5-6-19-12/h3-7H,1-2H3,(H,14,16)/b15-7-. The molecule has 0 spiro atoms. The highest BCUT2D eigenvalue weighted by Gasteiger charge is 2.11. The van der Waals surface area contributed by atoms with E-state index in [9.17, 15) is 0 Å². The molecule has 0 aliphatic heterocycles. The van der Waals surface area contributed by atoms with E-state index in [2.05, 4.69) is 15.5 Å². The molecule has 0 fully saturated rings. The highest BCUT2D eigenvalue weighted by atomic mass is 35.5. The minimum Gasteiger partial charge on any atom is -0.493 e. The molecule has 19 heavy (non-hydrogen) atoms. The van der Waals surface area contributed by atoms with Crippen molar-refractivity contribution in [1.29, 1.82) is 0 Å². The van der Waals surface area contributed by atoms with Gasteiger partial charge in [0.2, 0.25) is 5.13 Å². The molecule has 0 radical (unpaired) electrons. The quantitative estimate of drug-likeness (QED) is 0.680. The van der Waals surface area contributed by atoms with E-state index in [0.717, 1.165) is 5.56 Å². The minimum atomic E-state index is 0.450. The summed E-state index contributed by atoms with van der Waals surface area (Å²) in [7, 11) is 3.10. The molecule has 5 nitrogen and oxygen atoms in total. The van der Waals surface area contributed by atoms with Gasteiger partial charge in [0.25, 0.3) is 0 Å². The summed E-state index contributed by atoms with van der Waals surface area (Å²) in [6.07, 6.45) is 3.30. The van der Waals surface area contributed by atoms with Crippen LogP contribution in [0.4, 0.5) is 5.13 Å². The maximum Gasteiger partial charge on any atom is 0.203 e. The van der Waals surface area contributed by atoms with Gasteiger partial charge < -0.3 is 9.47 Å². The van der Waals surface area contributed by atoms with Crippen LogP contribution in [-0.2, 0) is 0 Å². The van der Waals surface area contributed by atoms with Gasteiger partial charge in [-0.2, -0.15) is 5.10 Å². The van der Waals surface area contributed by atoms with Crippen LogP contribution in [-0.4, -0.2) is 25.4 Å². The first-order valence-electron chi connectivity index (χ1n) is 5.35. The van der Waals surface area contributed by atoms with Gasteiger partial charge in [-0.1, -0.05) is 11.6 Å². The summed E-state index contributed by atoms with van der Waals surface area (Å²) < 4.78 is 10.4. The summed E-state index contributed by atoms with van der Waals surface area (Å²) >= 11 is 7.68. The van der Waals surface area contributed by atoms with Crippen LogP contribution < -0.4 is 14.9 Å². The van der Waals surface area contributed by atoms with Gasteiger partial charge in [0.1, 0.15) is 0 Å². The highest BCUT2D eigenvalue weighted by molar-refractivity contribution is 7.13. The first-order valence-corrected chi connectivity index (χ1v) is 6.61. The molecular formula is C12H12ClN3O2S. The Labute approximate surface area is 119 Å². The predicted octanol–water partition coefficient (Wildman–Crippen LogP) is 3.26. The minimum absolute atomic E-state index is 0.450. The maximum atomic E-state index is 6.22. The van der Waals surface area contributed by atoms with Crippen molar-refractivity contribution < 1.29 is 9.47 Å². The average molecular weight is 298 g/mol. The summed E-state index contributed by atoms with van der Waals surface area (Å²) in [5.74, 6) is 1.07. The molecular weight excluding hydrogens is 286 g/mol. The molecule has 0 unspecified atom stereocenters. The predicted molar refractivity (Wildman–Crippen MR) is 77.9 cm³/mol. The second-order valence-corrected chi connectivity index (χ2v) is 4.68. The van der Waals surface area contributed by atoms with Gasteiger partial charge in [-0.15, -0.1) is 11.3 Å². The van der Waals surface area contributed by atoms with Gasteiger partial charge in [-0.05, 0) is 12.1 Å². The SMILES string of the molecule is COc1ccc(/C=N\Nc2nccs2)c(Cl)c1OC. The van der Waals surface area contributed by atoms with E-state index in [4.69, 9.17) is 21.1 Å². The fourth-order valence-corrected chi connectivity index (χ4v) is 2.20. The molecule has 0 saturated heterocycles. The van der Waals surface area contributed by atoms with Crippen molar-refractivity contribution in [3.8, 4) is 11.5 Å². The van der Waals surface area contributed by atoms with Crippen LogP contribution in [0.25, 0.3) is 0 Å². The normalized spacial score (nSPS) is 10.7. The molecule has 0 aliphatic carbocycles. The molecule has 100 valence electrons. The highest BCUT2D eigenvalue weighted by Crippen LogP contribution is 2.36. The van der Waals surface area contributed by atoms with E-state index in [1.165, 1.54) is 11.3 Å². The van der Waals surface area contributed by atoms with Crippen LogP contribution in [0.1, 0.15) is 5.56 Å². The summed E-state index contributed by atoms with van der Waals surface area (Å²) in [5, 5.41) is 7.10. The Morgan fingerprint density at radius 1 is 1.37 bits per heavy atom. The van der Waals surface area contributed by atoms with E-state index in [-0.39, 0.29) is 0 Å². The number of thiazole rings is 1. The van der Waals surface area contributed by atoms with Crippen LogP contribution >= 0.6 is 22.9 Å². The summed E-state index contributed by atoms with van der Waals surface area (Å²) in [6, 6.07) is 3.58. The monoisotopic (exact) mass is 297 g/mol. The van der Waals surface area contributed by atoms with E-state index in [1.807, 2.05) is 5.38 Å². The molecule has 0 atom stereocenters.